The van der Waals surface area contributed by atoms with Gasteiger partial charge in [-0.3, -0.25) is 23.8 Å². The van der Waals surface area contributed by atoms with Gasteiger partial charge >= 0.3 is 6.18 Å². The molecule has 5 heterocycles. The maximum Gasteiger partial charge on any atom is 0.436 e. The highest BCUT2D eigenvalue weighted by atomic mass is 35.5. The first-order chi connectivity index (χ1) is 21.4. The van der Waals surface area contributed by atoms with E-state index in [1.807, 2.05) is 6.92 Å². The molecule has 11 nitrogen and oxygen atoms in total. The number of hydrogen-bond acceptors (Lipinski definition) is 7. The van der Waals surface area contributed by atoms with E-state index in [-0.39, 0.29) is 33.8 Å². The lowest BCUT2D eigenvalue weighted by atomic mass is 9.97. The van der Waals surface area contributed by atoms with Gasteiger partial charge in [0.2, 0.25) is 5.91 Å². The summed E-state index contributed by atoms with van der Waals surface area (Å²) in [4.78, 5) is 35.5. The second-order valence-corrected chi connectivity index (χ2v) is 11.1. The van der Waals surface area contributed by atoms with Crippen LogP contribution in [-0.4, -0.2) is 45.2 Å². The van der Waals surface area contributed by atoms with Crippen LogP contribution in [0, 0.1) is 11.7 Å². The summed E-state index contributed by atoms with van der Waals surface area (Å²) in [5.74, 6) is -1.49. The molecule has 1 aromatic carbocycles. The normalized spacial score (nSPS) is 17.3. The highest BCUT2D eigenvalue weighted by molar-refractivity contribution is 6.31. The highest BCUT2D eigenvalue weighted by Crippen LogP contribution is 2.35. The molecule has 2 atom stereocenters. The van der Waals surface area contributed by atoms with Crippen molar-refractivity contribution in [2.45, 2.75) is 38.4 Å². The van der Waals surface area contributed by atoms with Crippen molar-refractivity contribution in [1.29, 1.82) is 0 Å². The molecule has 1 amide bonds. The summed E-state index contributed by atoms with van der Waals surface area (Å²) in [6.07, 6.45) is 1.73. The van der Waals surface area contributed by atoms with Crippen molar-refractivity contribution in [1.82, 2.24) is 39.3 Å². The van der Waals surface area contributed by atoms with Crippen LogP contribution in [0.3, 0.4) is 0 Å². The number of nitrogens with one attached hydrogen (secondary N) is 1. The molecule has 0 fully saturated rings. The van der Waals surface area contributed by atoms with Crippen LogP contribution in [0.5, 0.6) is 0 Å². The number of aryl methyl sites for hydroxylation is 1. The first-order valence-corrected chi connectivity index (χ1v) is 14.2. The number of rotatable bonds is 3. The average Bonchev–Trinajstić information content (AvgIpc) is 3.64. The number of benzene rings is 1. The zero-order chi connectivity index (χ0) is 32.0. The molecule has 2 bridgehead atoms. The van der Waals surface area contributed by atoms with E-state index in [1.165, 1.54) is 17.0 Å². The molecule has 0 radical (unpaired) electrons. The lowest BCUT2D eigenvalue weighted by molar-refractivity contribution is -0.141. The van der Waals surface area contributed by atoms with Crippen LogP contribution in [0.1, 0.15) is 43.6 Å². The summed E-state index contributed by atoms with van der Waals surface area (Å²) in [6, 6.07) is 6.46. The number of carbonyl (C=O) groups excluding carboxylic acids is 1. The Morgan fingerprint density at radius 1 is 1.09 bits per heavy atom. The molecule has 0 aliphatic carbocycles. The van der Waals surface area contributed by atoms with Crippen LogP contribution < -0.4 is 10.9 Å². The number of pyridine rings is 1. The Labute approximate surface area is 257 Å². The van der Waals surface area contributed by atoms with Crippen molar-refractivity contribution in [2.75, 3.05) is 5.32 Å². The van der Waals surface area contributed by atoms with Crippen molar-refractivity contribution < 1.29 is 22.4 Å². The van der Waals surface area contributed by atoms with Gasteiger partial charge in [0, 0.05) is 30.8 Å². The lowest BCUT2D eigenvalue weighted by Crippen LogP contribution is -2.27. The Hall–Kier alpha value is -4.92. The second-order valence-electron chi connectivity index (χ2n) is 10.7. The van der Waals surface area contributed by atoms with E-state index in [9.17, 15) is 22.8 Å². The monoisotopic (exact) mass is 641 g/mol. The number of aromatic nitrogens is 8. The summed E-state index contributed by atoms with van der Waals surface area (Å²) in [5, 5.41) is 13.6. The molecule has 1 aliphatic rings. The third kappa shape index (κ3) is 5.70. The fourth-order valence-electron chi connectivity index (χ4n) is 5.35. The van der Waals surface area contributed by atoms with Gasteiger partial charge in [0.05, 0.1) is 63.8 Å². The number of carbonyl (C=O) groups is 1. The number of anilines is 1. The van der Waals surface area contributed by atoms with E-state index in [0.717, 1.165) is 16.8 Å². The standard InChI is InChI=1S/C29H24ClF4N9O2/c1-15-4-3-5-21(18-10-16(8-9-35-18)27-20(38-28(15)45)12-37-41(27)2)42-14-36-19(11-24(42)44)25-22(7-6-17(30)26(25)31)43-13-23(39-40-43)29(32,33)34/h6-15,21H,3-5H2,1-2H3,(H,38,45)/t15-,21+/m1/s1. The first-order valence-electron chi connectivity index (χ1n) is 13.8. The predicted octanol–water partition coefficient (Wildman–Crippen LogP) is 5.45. The SMILES string of the molecule is C[C@@H]1CCC[C@H](n2cnc(-c3c(-n4cc(C(F)(F)F)nn4)ccc(Cl)c3F)cc2=O)c2cc(ccn2)-c2c(cnn2C)NC1=O. The number of hydrogen-bond donors (Lipinski definition) is 1. The lowest BCUT2D eigenvalue weighted by Gasteiger charge is -2.22. The van der Waals surface area contributed by atoms with Crippen LogP contribution in [0.15, 0.2) is 60.0 Å². The molecular formula is C29H24ClF4N9O2. The van der Waals surface area contributed by atoms with Gasteiger partial charge in [-0.25, -0.2) is 14.1 Å². The quantitative estimate of drug-likeness (QED) is 0.260. The van der Waals surface area contributed by atoms with Crippen molar-refractivity contribution in [2.24, 2.45) is 13.0 Å². The summed E-state index contributed by atoms with van der Waals surface area (Å²) >= 11 is 6.03. The maximum atomic E-state index is 15.4. The molecular weight excluding hydrogens is 618 g/mol. The van der Waals surface area contributed by atoms with E-state index in [2.05, 4.69) is 30.7 Å². The first kappa shape index (κ1) is 30.1. The van der Waals surface area contributed by atoms with Gasteiger partial charge in [0.15, 0.2) is 11.5 Å². The van der Waals surface area contributed by atoms with Gasteiger partial charge in [-0.05, 0) is 37.1 Å². The molecule has 5 aromatic rings. The molecule has 232 valence electrons. The van der Waals surface area contributed by atoms with Crippen LogP contribution in [0.25, 0.3) is 28.2 Å². The maximum absolute atomic E-state index is 15.4. The Morgan fingerprint density at radius 2 is 1.89 bits per heavy atom. The molecule has 45 heavy (non-hydrogen) atoms. The van der Waals surface area contributed by atoms with E-state index >= 15 is 4.39 Å². The predicted molar refractivity (Wildman–Crippen MR) is 155 cm³/mol. The van der Waals surface area contributed by atoms with Crippen LogP contribution >= 0.6 is 11.6 Å². The topological polar surface area (TPSA) is 125 Å². The van der Waals surface area contributed by atoms with Crippen molar-refractivity contribution in [3.63, 3.8) is 0 Å². The molecule has 1 N–H and O–H groups in total. The van der Waals surface area contributed by atoms with Crippen LogP contribution in [-0.2, 0) is 18.0 Å². The minimum absolute atomic E-state index is 0.149. The molecule has 1 aliphatic heterocycles. The van der Waals surface area contributed by atoms with E-state index in [1.54, 1.807) is 36.3 Å². The summed E-state index contributed by atoms with van der Waals surface area (Å²) in [6.45, 7) is 1.82. The zero-order valence-electron chi connectivity index (χ0n) is 23.8. The molecule has 0 saturated heterocycles. The van der Waals surface area contributed by atoms with E-state index in [0.29, 0.717) is 48.1 Å². The molecule has 6 rings (SSSR count). The fraction of sp³-hybridized carbons (Fsp3) is 0.276. The van der Waals surface area contributed by atoms with Crippen LogP contribution in [0.2, 0.25) is 5.02 Å². The highest BCUT2D eigenvalue weighted by Gasteiger charge is 2.35. The summed E-state index contributed by atoms with van der Waals surface area (Å²) in [5.41, 5.74) is -0.0424. The Balaban J connectivity index is 1.44. The Morgan fingerprint density at radius 3 is 2.62 bits per heavy atom. The van der Waals surface area contributed by atoms with Gasteiger partial charge in [0.1, 0.15) is 0 Å². The largest absolute Gasteiger partial charge is 0.436 e. The number of amides is 1. The molecule has 0 unspecified atom stereocenters. The summed E-state index contributed by atoms with van der Waals surface area (Å²) < 4.78 is 58.8. The van der Waals surface area contributed by atoms with Crippen LogP contribution in [0.4, 0.5) is 23.2 Å². The fourth-order valence-corrected chi connectivity index (χ4v) is 5.51. The van der Waals surface area contributed by atoms with Gasteiger partial charge in [-0.1, -0.05) is 30.2 Å². The Kier molecular flexibility index (Phi) is 7.72. The van der Waals surface area contributed by atoms with Gasteiger partial charge in [-0.2, -0.15) is 18.3 Å². The number of fused-ring (bicyclic) bond motifs is 4. The van der Waals surface area contributed by atoms with E-state index < -0.39 is 29.3 Å². The van der Waals surface area contributed by atoms with Gasteiger partial charge < -0.3 is 5.32 Å². The minimum atomic E-state index is -4.78. The Bertz CT molecular complexity index is 1980. The zero-order valence-corrected chi connectivity index (χ0v) is 24.5. The molecule has 0 spiro atoms. The number of alkyl halides is 3. The third-order valence-electron chi connectivity index (χ3n) is 7.69. The van der Waals surface area contributed by atoms with Gasteiger partial charge in [-0.15, -0.1) is 5.10 Å². The van der Waals surface area contributed by atoms with Crippen molar-refractivity contribution in [3.8, 4) is 28.2 Å². The van der Waals surface area contributed by atoms with E-state index in [4.69, 9.17) is 11.6 Å². The number of nitrogens with zero attached hydrogens (tertiary/aromatic N) is 8. The third-order valence-corrected chi connectivity index (χ3v) is 7.98. The number of halogens is 5. The summed E-state index contributed by atoms with van der Waals surface area (Å²) in [7, 11) is 1.75. The van der Waals surface area contributed by atoms with Crippen molar-refractivity contribution >= 4 is 23.2 Å². The van der Waals surface area contributed by atoms with Gasteiger partial charge in [0.25, 0.3) is 5.56 Å². The van der Waals surface area contributed by atoms with Crippen molar-refractivity contribution in [3.05, 3.63) is 87.8 Å². The molecule has 0 saturated carbocycles. The average molecular weight is 642 g/mol. The molecule has 16 heteroatoms. The second kappa shape index (κ2) is 11.5. The minimum Gasteiger partial charge on any atom is -0.323 e. The smallest absolute Gasteiger partial charge is 0.323 e. The molecule has 4 aromatic heterocycles.